The molecule has 0 spiro atoms. The number of carbonyl (C=O) groups excluding carboxylic acids is 4. The highest BCUT2D eigenvalue weighted by Gasteiger charge is 2.44. The van der Waals surface area contributed by atoms with E-state index in [1.165, 1.54) is 0 Å². The van der Waals surface area contributed by atoms with Crippen LogP contribution in [0.3, 0.4) is 0 Å². The van der Waals surface area contributed by atoms with Gasteiger partial charge in [0.15, 0.2) is 0 Å². The fourth-order valence-corrected chi connectivity index (χ4v) is 4.34. The first-order chi connectivity index (χ1) is 20.0. The summed E-state index contributed by atoms with van der Waals surface area (Å²) < 4.78 is 32.5. The third-order valence-electron chi connectivity index (χ3n) is 6.38. The molecule has 1 aromatic carbocycles. The third kappa shape index (κ3) is 11.7. The maximum absolute atomic E-state index is 12.9. The van der Waals surface area contributed by atoms with Crippen LogP contribution in [-0.2, 0) is 44.4 Å². The van der Waals surface area contributed by atoms with E-state index in [9.17, 15) is 19.2 Å². The average molecular weight is 616 g/mol. The largest absolute Gasteiger partial charge is 0.379 e. The zero-order valence-corrected chi connectivity index (χ0v) is 24.7. The number of aryl methyl sites for hydroxylation is 1. The number of hydrogen-bond donors (Lipinski definition) is 2. The second-order valence-electron chi connectivity index (χ2n) is 9.39. The lowest BCUT2D eigenvalue weighted by Crippen LogP contribution is -2.54. The van der Waals surface area contributed by atoms with Gasteiger partial charge in [0, 0.05) is 19.6 Å². The molecule has 42 heavy (non-hydrogen) atoms. The normalized spacial score (nSPS) is 16.5. The van der Waals surface area contributed by atoms with E-state index in [1.54, 1.807) is 18.2 Å². The smallest absolute Gasteiger partial charge is 0.262 e. The first kappa shape index (κ1) is 35.7. The van der Waals surface area contributed by atoms with Crippen molar-refractivity contribution in [1.82, 2.24) is 10.2 Å². The number of amides is 4. The van der Waals surface area contributed by atoms with Crippen molar-refractivity contribution in [1.29, 1.82) is 0 Å². The van der Waals surface area contributed by atoms with Crippen molar-refractivity contribution in [2.75, 3.05) is 85.8 Å². The van der Waals surface area contributed by atoms with Gasteiger partial charge in [0.25, 0.3) is 11.8 Å². The minimum absolute atomic E-state index is 0. The van der Waals surface area contributed by atoms with Crippen LogP contribution in [0.1, 0.15) is 45.5 Å². The van der Waals surface area contributed by atoms with Crippen LogP contribution in [0.2, 0.25) is 0 Å². The number of nitrogens with zero attached hydrogens (tertiary/aromatic N) is 1. The molecule has 0 aliphatic carbocycles. The third-order valence-corrected chi connectivity index (χ3v) is 6.38. The van der Waals surface area contributed by atoms with Gasteiger partial charge in [-0.05, 0) is 37.0 Å². The summed E-state index contributed by atoms with van der Waals surface area (Å²) in [7, 11) is 0. The number of benzene rings is 1. The van der Waals surface area contributed by atoms with Gasteiger partial charge >= 0.3 is 0 Å². The SMILES string of the molecule is Cl.NCCOCCOCCOCCOCCOCCOCCCc1ccc2c(c1)C(=O)N(C1CCC(=O)NC1=O)C2=O. The number of halogens is 1. The highest BCUT2D eigenvalue weighted by atomic mass is 35.5. The molecule has 0 aromatic heterocycles. The van der Waals surface area contributed by atoms with Crippen LogP contribution in [0.5, 0.6) is 0 Å². The van der Waals surface area contributed by atoms with Crippen LogP contribution >= 0.6 is 12.4 Å². The molecule has 1 atom stereocenters. The van der Waals surface area contributed by atoms with Gasteiger partial charge in [0.1, 0.15) is 6.04 Å². The van der Waals surface area contributed by atoms with Crippen molar-refractivity contribution in [3.63, 3.8) is 0 Å². The van der Waals surface area contributed by atoms with Crippen LogP contribution in [-0.4, -0.2) is 120 Å². The lowest BCUT2D eigenvalue weighted by atomic mass is 10.0. The molecule has 2 heterocycles. The summed E-state index contributed by atoms with van der Waals surface area (Å²) in [4.78, 5) is 50.3. The molecule has 1 aromatic rings. The number of fused-ring (bicyclic) bond motifs is 1. The van der Waals surface area contributed by atoms with E-state index in [4.69, 9.17) is 34.2 Å². The molecule has 13 nitrogen and oxygen atoms in total. The van der Waals surface area contributed by atoms with E-state index in [0.717, 1.165) is 16.9 Å². The fraction of sp³-hybridized carbons (Fsp3) is 0.643. The van der Waals surface area contributed by atoms with Gasteiger partial charge < -0.3 is 34.2 Å². The number of hydrogen-bond acceptors (Lipinski definition) is 11. The lowest BCUT2D eigenvalue weighted by molar-refractivity contribution is -0.136. The van der Waals surface area contributed by atoms with Crippen molar-refractivity contribution in [2.45, 2.75) is 31.7 Å². The van der Waals surface area contributed by atoms with Crippen LogP contribution in [0.15, 0.2) is 18.2 Å². The first-order valence-corrected chi connectivity index (χ1v) is 14.0. The number of imide groups is 2. The molecule has 0 saturated carbocycles. The van der Waals surface area contributed by atoms with Crippen LogP contribution in [0.4, 0.5) is 0 Å². The van der Waals surface area contributed by atoms with E-state index in [-0.39, 0.29) is 36.4 Å². The molecule has 1 unspecified atom stereocenters. The molecule has 3 N–H and O–H groups in total. The fourth-order valence-electron chi connectivity index (χ4n) is 4.34. The molecule has 2 aliphatic heterocycles. The number of ether oxygens (including phenoxy) is 6. The number of nitrogens with one attached hydrogen (secondary N) is 1. The van der Waals surface area contributed by atoms with Crippen LogP contribution < -0.4 is 11.1 Å². The van der Waals surface area contributed by atoms with Gasteiger partial charge in [-0.25, -0.2) is 0 Å². The van der Waals surface area contributed by atoms with Crippen LogP contribution in [0.25, 0.3) is 0 Å². The number of nitrogens with two attached hydrogens (primary N) is 1. The predicted molar refractivity (Wildman–Crippen MR) is 153 cm³/mol. The minimum atomic E-state index is -0.964. The number of piperidine rings is 1. The van der Waals surface area contributed by atoms with Gasteiger partial charge in [-0.15, -0.1) is 12.4 Å². The molecule has 4 amide bonds. The highest BCUT2D eigenvalue weighted by Crippen LogP contribution is 2.28. The summed E-state index contributed by atoms with van der Waals surface area (Å²) >= 11 is 0. The van der Waals surface area contributed by atoms with Gasteiger partial charge in [0.2, 0.25) is 11.8 Å². The van der Waals surface area contributed by atoms with Crippen molar-refractivity contribution in [3.05, 3.63) is 34.9 Å². The van der Waals surface area contributed by atoms with E-state index >= 15 is 0 Å². The van der Waals surface area contributed by atoms with E-state index < -0.39 is 29.7 Å². The summed E-state index contributed by atoms with van der Waals surface area (Å²) in [5, 5.41) is 2.20. The predicted octanol–water partition coefficient (Wildman–Crippen LogP) is 0.501. The van der Waals surface area contributed by atoms with E-state index in [0.29, 0.717) is 92.2 Å². The molecule has 1 fully saturated rings. The summed E-state index contributed by atoms with van der Waals surface area (Å²) in [5.41, 5.74) is 6.79. The summed E-state index contributed by atoms with van der Waals surface area (Å²) in [6, 6.07) is 4.16. The Kier molecular flexibility index (Phi) is 17.4. The molecule has 0 bridgehead atoms. The summed E-state index contributed by atoms with van der Waals surface area (Å²) in [6.45, 7) is 6.46. The Hall–Kier alpha value is -2.49. The zero-order valence-electron chi connectivity index (χ0n) is 23.8. The summed E-state index contributed by atoms with van der Waals surface area (Å²) in [5.74, 6) is -2.02. The molecule has 1 saturated heterocycles. The van der Waals surface area contributed by atoms with E-state index in [1.807, 2.05) is 0 Å². The second kappa shape index (κ2) is 20.4. The molecule has 0 radical (unpaired) electrons. The maximum Gasteiger partial charge on any atom is 0.262 e. The summed E-state index contributed by atoms with van der Waals surface area (Å²) in [6.07, 6.45) is 1.62. The Labute approximate surface area is 252 Å². The van der Waals surface area contributed by atoms with Crippen LogP contribution in [0, 0.1) is 0 Å². The highest BCUT2D eigenvalue weighted by molar-refractivity contribution is 6.23. The zero-order chi connectivity index (χ0) is 29.3. The van der Waals surface area contributed by atoms with E-state index in [2.05, 4.69) is 5.32 Å². The molecule has 236 valence electrons. The van der Waals surface area contributed by atoms with Gasteiger partial charge in [-0.2, -0.15) is 0 Å². The second-order valence-corrected chi connectivity index (χ2v) is 9.39. The Morgan fingerprint density at radius 1 is 0.714 bits per heavy atom. The average Bonchev–Trinajstić information content (AvgIpc) is 3.21. The molecular weight excluding hydrogens is 574 g/mol. The molecule has 3 rings (SSSR count). The van der Waals surface area contributed by atoms with Crippen molar-refractivity contribution in [2.24, 2.45) is 5.73 Å². The Morgan fingerprint density at radius 2 is 1.21 bits per heavy atom. The topological polar surface area (TPSA) is 165 Å². The Bertz CT molecular complexity index is 1010. The monoisotopic (exact) mass is 615 g/mol. The molecule has 2 aliphatic rings. The maximum atomic E-state index is 12.9. The lowest BCUT2D eigenvalue weighted by Gasteiger charge is -2.27. The number of carbonyl (C=O) groups is 4. The molecule has 14 heteroatoms. The van der Waals surface area contributed by atoms with Crippen molar-refractivity contribution in [3.8, 4) is 0 Å². The number of rotatable bonds is 22. The van der Waals surface area contributed by atoms with Crippen molar-refractivity contribution < 1.29 is 47.6 Å². The Morgan fingerprint density at radius 3 is 1.74 bits per heavy atom. The first-order valence-electron chi connectivity index (χ1n) is 14.0. The van der Waals surface area contributed by atoms with Gasteiger partial charge in [-0.1, -0.05) is 6.07 Å². The molecular formula is C28H42ClN3O10. The quantitative estimate of drug-likeness (QED) is 0.138. The van der Waals surface area contributed by atoms with Gasteiger partial charge in [-0.3, -0.25) is 29.4 Å². The van der Waals surface area contributed by atoms with Crippen molar-refractivity contribution >= 4 is 36.0 Å². The standard InChI is InChI=1S/C28H41N3O10.ClH/c29-7-9-37-11-13-39-15-17-41-19-18-40-16-14-38-12-10-36-8-1-2-21-3-4-22-23(20-21)28(35)31(27(22)34)24-5-6-25(32)30-26(24)33;/h3-4,20,24H,1-2,5-19,29H2,(H,30,32,33);1H. The van der Waals surface area contributed by atoms with Gasteiger partial charge in [0.05, 0.1) is 83.8 Å². The Balaban J connectivity index is 0.00000616. The minimum Gasteiger partial charge on any atom is -0.379 e.